The highest BCUT2D eigenvalue weighted by Gasteiger charge is 2.28. The molecule has 1 fully saturated rings. The van der Waals surface area contributed by atoms with E-state index in [0.29, 0.717) is 22.4 Å². The third-order valence-electron chi connectivity index (χ3n) is 7.14. The minimum Gasteiger partial charge on any atom is -0.396 e. The Morgan fingerprint density at radius 2 is 1.79 bits per heavy atom. The Hall–Kier alpha value is -1.88. The molecule has 2 N–H and O–H groups in total. The molecule has 4 nitrogen and oxygen atoms in total. The fourth-order valence-electron chi connectivity index (χ4n) is 4.99. The van der Waals surface area contributed by atoms with Crippen molar-refractivity contribution in [2.45, 2.75) is 70.4 Å². The molecule has 0 aromatic heterocycles. The van der Waals surface area contributed by atoms with Crippen LogP contribution < -0.4 is 5.32 Å². The van der Waals surface area contributed by atoms with E-state index < -0.39 is 0 Å². The Labute approximate surface area is 204 Å². The normalized spacial score (nSPS) is 19.3. The van der Waals surface area contributed by atoms with E-state index in [1.807, 2.05) is 24.1 Å². The van der Waals surface area contributed by atoms with Crippen molar-refractivity contribution in [2.75, 3.05) is 20.2 Å². The van der Waals surface area contributed by atoms with Crippen LogP contribution in [0.2, 0.25) is 5.02 Å². The highest BCUT2D eigenvalue weighted by Crippen LogP contribution is 2.36. The van der Waals surface area contributed by atoms with Gasteiger partial charge in [0.2, 0.25) is 0 Å². The van der Waals surface area contributed by atoms with Crippen molar-refractivity contribution in [1.82, 2.24) is 10.2 Å². The highest BCUT2D eigenvalue weighted by molar-refractivity contribution is 6.30. The van der Waals surface area contributed by atoms with Gasteiger partial charge in [-0.15, -0.1) is 0 Å². The largest absolute Gasteiger partial charge is 0.396 e. The Morgan fingerprint density at radius 3 is 2.48 bits per heavy atom. The number of hydrogen-bond acceptors (Lipinski definition) is 3. The van der Waals surface area contributed by atoms with Crippen LogP contribution in [0.3, 0.4) is 0 Å². The molecule has 3 rings (SSSR count). The van der Waals surface area contributed by atoms with Crippen LogP contribution in [0.15, 0.2) is 48.5 Å². The van der Waals surface area contributed by atoms with Gasteiger partial charge in [-0.25, -0.2) is 0 Å². The zero-order valence-electron chi connectivity index (χ0n) is 20.1. The molecule has 33 heavy (non-hydrogen) atoms. The van der Waals surface area contributed by atoms with Crippen molar-refractivity contribution in [1.29, 1.82) is 0 Å². The van der Waals surface area contributed by atoms with E-state index in [1.54, 1.807) is 12.1 Å². The van der Waals surface area contributed by atoms with Crippen molar-refractivity contribution >= 4 is 17.5 Å². The Balaban J connectivity index is 1.49. The number of aliphatic hydroxyl groups excluding tert-OH is 1. The summed E-state index contributed by atoms with van der Waals surface area (Å²) in [4.78, 5) is 14.8. The molecule has 1 unspecified atom stereocenters. The van der Waals surface area contributed by atoms with Crippen LogP contribution in [0.1, 0.15) is 79.3 Å². The molecule has 1 atom stereocenters. The summed E-state index contributed by atoms with van der Waals surface area (Å²) in [6, 6.07) is 16.3. The first-order valence-electron chi connectivity index (χ1n) is 12.4. The van der Waals surface area contributed by atoms with E-state index in [2.05, 4.69) is 36.5 Å². The van der Waals surface area contributed by atoms with Crippen LogP contribution in [0, 0.1) is 5.92 Å². The summed E-state index contributed by atoms with van der Waals surface area (Å²) in [7, 11) is 1.93. The summed E-state index contributed by atoms with van der Waals surface area (Å²) in [5.41, 5.74) is 3.56. The topological polar surface area (TPSA) is 52.6 Å². The monoisotopic (exact) mass is 470 g/mol. The predicted octanol–water partition coefficient (Wildman–Crippen LogP) is 6.03. The molecular weight excluding hydrogens is 432 g/mol. The van der Waals surface area contributed by atoms with Gasteiger partial charge in [-0.1, -0.05) is 42.8 Å². The molecule has 0 heterocycles. The lowest BCUT2D eigenvalue weighted by Crippen LogP contribution is -2.39. The maximum atomic E-state index is 12.9. The molecule has 0 bridgehead atoms. The second-order valence-corrected chi connectivity index (χ2v) is 10.0. The van der Waals surface area contributed by atoms with Crippen LogP contribution in [-0.4, -0.2) is 42.2 Å². The van der Waals surface area contributed by atoms with E-state index >= 15 is 0 Å². The molecular formula is C28H39ClN2O2. The van der Waals surface area contributed by atoms with Crippen LogP contribution in [0.25, 0.3) is 0 Å². The summed E-state index contributed by atoms with van der Waals surface area (Å²) in [6.45, 7) is 4.41. The number of rotatable bonds is 11. The molecule has 0 aliphatic heterocycles. The van der Waals surface area contributed by atoms with Gasteiger partial charge in [0.1, 0.15) is 0 Å². The zero-order chi connectivity index (χ0) is 23.6. The third kappa shape index (κ3) is 7.56. The van der Waals surface area contributed by atoms with Crippen LogP contribution in [-0.2, 0) is 6.54 Å². The van der Waals surface area contributed by atoms with E-state index in [-0.39, 0.29) is 18.6 Å². The standard InChI is InChI=1S/C28H39ClN2O2/c1-21(17-19-32)6-5-18-30-20-24-7-3-4-8-27(24)22-11-15-26(16-12-22)31(2)28(33)23-9-13-25(29)14-10-23/h3-4,7-10,13-14,21-22,26,30,32H,5-6,11-12,15-20H2,1-2H3. The Kier molecular flexibility index (Phi) is 10.2. The average Bonchev–Trinajstić information content (AvgIpc) is 2.84. The van der Waals surface area contributed by atoms with Crippen molar-refractivity contribution in [3.05, 3.63) is 70.2 Å². The second-order valence-electron chi connectivity index (χ2n) is 9.56. The third-order valence-corrected chi connectivity index (χ3v) is 7.39. The Morgan fingerprint density at radius 1 is 1.09 bits per heavy atom. The van der Waals surface area contributed by atoms with Gasteiger partial charge in [-0.2, -0.15) is 0 Å². The second kappa shape index (κ2) is 13.1. The SMILES string of the molecule is CC(CCO)CCCNCc1ccccc1C1CCC(N(C)C(=O)c2ccc(Cl)cc2)CC1. The summed E-state index contributed by atoms with van der Waals surface area (Å²) in [5, 5.41) is 13.3. The first kappa shape index (κ1) is 25.7. The van der Waals surface area contributed by atoms with Crippen molar-refractivity contribution in [3.8, 4) is 0 Å². The first-order chi connectivity index (χ1) is 16.0. The molecule has 0 saturated heterocycles. The molecule has 0 radical (unpaired) electrons. The molecule has 1 amide bonds. The number of amides is 1. The van der Waals surface area contributed by atoms with Crippen molar-refractivity contribution in [2.24, 2.45) is 5.92 Å². The van der Waals surface area contributed by atoms with Gasteiger partial charge in [0, 0.05) is 36.8 Å². The number of aliphatic hydroxyl groups is 1. The van der Waals surface area contributed by atoms with Crippen LogP contribution in [0.5, 0.6) is 0 Å². The number of hydrogen-bond donors (Lipinski definition) is 2. The smallest absolute Gasteiger partial charge is 0.253 e. The maximum Gasteiger partial charge on any atom is 0.253 e. The number of carbonyl (C=O) groups excluding carboxylic acids is 1. The van der Waals surface area contributed by atoms with Gasteiger partial charge >= 0.3 is 0 Å². The van der Waals surface area contributed by atoms with E-state index in [0.717, 1.165) is 58.0 Å². The van der Waals surface area contributed by atoms with E-state index in [4.69, 9.17) is 16.7 Å². The lowest BCUT2D eigenvalue weighted by atomic mass is 9.79. The number of benzene rings is 2. The Bertz CT molecular complexity index is 862. The molecule has 0 spiro atoms. The van der Waals surface area contributed by atoms with E-state index in [9.17, 15) is 4.79 Å². The van der Waals surface area contributed by atoms with Gasteiger partial charge in [0.15, 0.2) is 0 Å². The molecule has 5 heteroatoms. The minimum absolute atomic E-state index is 0.0769. The van der Waals surface area contributed by atoms with E-state index in [1.165, 1.54) is 11.1 Å². The summed E-state index contributed by atoms with van der Waals surface area (Å²) in [6.07, 6.45) is 7.48. The number of carbonyl (C=O) groups is 1. The minimum atomic E-state index is 0.0769. The van der Waals surface area contributed by atoms with Crippen LogP contribution in [0.4, 0.5) is 0 Å². The molecule has 1 aliphatic rings. The first-order valence-corrected chi connectivity index (χ1v) is 12.8. The quantitative estimate of drug-likeness (QED) is 0.394. The highest BCUT2D eigenvalue weighted by atomic mass is 35.5. The number of halogens is 1. The van der Waals surface area contributed by atoms with Crippen molar-refractivity contribution < 1.29 is 9.90 Å². The molecule has 180 valence electrons. The number of nitrogens with one attached hydrogen (secondary N) is 1. The summed E-state index contributed by atoms with van der Waals surface area (Å²) >= 11 is 5.97. The van der Waals surface area contributed by atoms with Gasteiger partial charge in [0.25, 0.3) is 5.91 Å². The van der Waals surface area contributed by atoms with Gasteiger partial charge in [-0.3, -0.25) is 4.79 Å². The lowest BCUT2D eigenvalue weighted by Gasteiger charge is -2.35. The predicted molar refractivity (Wildman–Crippen MR) is 137 cm³/mol. The maximum absolute atomic E-state index is 12.9. The van der Waals surface area contributed by atoms with Gasteiger partial charge in [-0.05, 0) is 98.7 Å². The zero-order valence-corrected chi connectivity index (χ0v) is 20.9. The fourth-order valence-corrected chi connectivity index (χ4v) is 5.12. The van der Waals surface area contributed by atoms with Crippen molar-refractivity contribution in [3.63, 3.8) is 0 Å². The van der Waals surface area contributed by atoms with Gasteiger partial charge < -0.3 is 15.3 Å². The van der Waals surface area contributed by atoms with Gasteiger partial charge in [0.05, 0.1) is 0 Å². The average molecular weight is 471 g/mol. The summed E-state index contributed by atoms with van der Waals surface area (Å²) < 4.78 is 0. The number of nitrogens with zero attached hydrogens (tertiary/aromatic N) is 1. The molecule has 2 aromatic carbocycles. The molecule has 1 saturated carbocycles. The molecule has 2 aromatic rings. The molecule has 1 aliphatic carbocycles. The summed E-state index contributed by atoms with van der Waals surface area (Å²) in [5.74, 6) is 1.22. The lowest BCUT2D eigenvalue weighted by molar-refractivity contribution is 0.0689. The van der Waals surface area contributed by atoms with Crippen LogP contribution >= 0.6 is 11.6 Å². The fraction of sp³-hybridized carbons (Fsp3) is 0.536.